The molecule has 3 nitrogen and oxygen atoms in total. The third-order valence-electron chi connectivity index (χ3n) is 1.66. The molecule has 0 spiro atoms. The highest BCUT2D eigenvalue weighted by molar-refractivity contribution is 5.40. The van der Waals surface area contributed by atoms with Crippen molar-refractivity contribution in [2.45, 2.75) is 13.8 Å². The van der Waals surface area contributed by atoms with E-state index in [9.17, 15) is 5.21 Å². The van der Waals surface area contributed by atoms with E-state index in [4.69, 9.17) is 0 Å². The van der Waals surface area contributed by atoms with Crippen molar-refractivity contribution in [1.29, 1.82) is 0 Å². The maximum Gasteiger partial charge on any atom is 0.206 e. The van der Waals surface area contributed by atoms with Gasteiger partial charge in [-0.15, -0.1) is 0 Å². The maximum atomic E-state index is 11.0. The van der Waals surface area contributed by atoms with E-state index in [2.05, 4.69) is 5.32 Å². The van der Waals surface area contributed by atoms with Crippen LogP contribution in [0, 0.1) is 19.1 Å². The van der Waals surface area contributed by atoms with Gasteiger partial charge in [0.25, 0.3) is 0 Å². The summed E-state index contributed by atoms with van der Waals surface area (Å²) in [6, 6.07) is 1.83. The van der Waals surface area contributed by atoms with Gasteiger partial charge in [0.15, 0.2) is 5.69 Å². The average Bonchev–Trinajstić information content (AvgIpc) is 1.97. The van der Waals surface area contributed by atoms with Crippen LogP contribution in [0.3, 0.4) is 0 Å². The Morgan fingerprint density at radius 1 is 1.45 bits per heavy atom. The van der Waals surface area contributed by atoms with Crippen LogP contribution in [0.1, 0.15) is 11.3 Å². The highest BCUT2D eigenvalue weighted by Gasteiger charge is 2.04. The first-order valence-corrected chi connectivity index (χ1v) is 3.45. The van der Waals surface area contributed by atoms with E-state index >= 15 is 0 Å². The smallest absolute Gasteiger partial charge is 0.206 e. The van der Waals surface area contributed by atoms with E-state index < -0.39 is 0 Å². The summed E-state index contributed by atoms with van der Waals surface area (Å²) >= 11 is 0. The minimum Gasteiger partial charge on any atom is -0.618 e. The number of aromatic nitrogens is 1. The number of aryl methyl sites for hydroxylation is 2. The van der Waals surface area contributed by atoms with Gasteiger partial charge in [-0.1, -0.05) is 0 Å². The van der Waals surface area contributed by atoms with E-state index in [0.29, 0.717) is 5.69 Å². The van der Waals surface area contributed by atoms with Crippen LogP contribution in [0.25, 0.3) is 0 Å². The summed E-state index contributed by atoms with van der Waals surface area (Å²) in [5.74, 6) is 0. The number of pyridine rings is 1. The molecule has 0 aliphatic rings. The number of hydrogen-bond acceptors (Lipinski definition) is 1. The molecule has 59 valence electrons. The van der Waals surface area contributed by atoms with Gasteiger partial charge in [-0.2, -0.15) is 4.73 Å². The molecule has 0 aliphatic heterocycles. The Labute approximate surface area is 66.3 Å². The van der Waals surface area contributed by atoms with Gasteiger partial charge in [-0.25, -0.2) is 0 Å². The minimum atomic E-state index is 0.704. The second kappa shape index (κ2) is 2.78. The summed E-state index contributed by atoms with van der Waals surface area (Å²) in [4.78, 5) is 0. The van der Waals surface area contributed by atoms with Crippen molar-refractivity contribution in [2.24, 2.45) is 0 Å². The first kappa shape index (κ1) is 7.85. The molecule has 3 heteroatoms. The second-order valence-electron chi connectivity index (χ2n) is 2.53. The summed E-state index contributed by atoms with van der Waals surface area (Å²) in [5.41, 5.74) is 2.50. The Kier molecular flexibility index (Phi) is 1.98. The van der Waals surface area contributed by atoms with Gasteiger partial charge in [0.05, 0.1) is 0 Å². The van der Waals surface area contributed by atoms with Crippen molar-refractivity contribution in [2.75, 3.05) is 7.05 Å². The van der Waals surface area contributed by atoms with Crippen molar-refractivity contribution in [3.63, 3.8) is 0 Å². The third-order valence-corrected chi connectivity index (χ3v) is 1.66. The minimum absolute atomic E-state index is 0.704. The van der Waals surface area contributed by atoms with Crippen LogP contribution in [-0.4, -0.2) is 7.05 Å². The summed E-state index contributed by atoms with van der Waals surface area (Å²) in [7, 11) is 1.68. The Bertz CT molecular complexity index is 271. The third kappa shape index (κ3) is 1.42. The van der Waals surface area contributed by atoms with Crippen LogP contribution >= 0.6 is 0 Å². The molecule has 0 amide bonds. The molecule has 1 radical (unpaired) electrons. The lowest BCUT2D eigenvalue weighted by Gasteiger charge is -2.04. The number of nitrogens with zero attached hydrogens (tertiary/aromatic N) is 2. The fraction of sp³-hybridized carbons (Fsp3) is 0.375. The van der Waals surface area contributed by atoms with Crippen LogP contribution in [-0.2, 0) is 0 Å². The average molecular weight is 151 g/mol. The molecule has 0 bridgehead atoms. The van der Waals surface area contributed by atoms with Gasteiger partial charge < -0.3 is 5.21 Å². The van der Waals surface area contributed by atoms with Crippen LogP contribution in [0.4, 0.5) is 5.69 Å². The first-order chi connectivity index (χ1) is 5.15. The van der Waals surface area contributed by atoms with E-state index in [1.54, 1.807) is 14.0 Å². The topological polar surface area (TPSA) is 41.0 Å². The molecule has 1 aromatic rings. The van der Waals surface area contributed by atoms with Gasteiger partial charge in [-0.3, -0.25) is 5.32 Å². The van der Waals surface area contributed by atoms with Crippen LogP contribution in [0.2, 0.25) is 0 Å². The predicted octanol–water partition coefficient (Wildman–Crippen LogP) is 0.803. The lowest BCUT2D eigenvalue weighted by Crippen LogP contribution is -2.29. The molecule has 0 N–H and O–H groups in total. The molecule has 0 aliphatic carbocycles. The summed E-state index contributed by atoms with van der Waals surface area (Å²) in [6.07, 6.45) is 1.49. The Hall–Kier alpha value is -1.25. The molecule has 1 aromatic heterocycles. The predicted molar refractivity (Wildman–Crippen MR) is 42.6 cm³/mol. The Balaban J connectivity index is 3.21. The largest absolute Gasteiger partial charge is 0.618 e. The van der Waals surface area contributed by atoms with E-state index in [1.165, 1.54) is 6.20 Å². The molecule has 0 fully saturated rings. The standard InChI is InChI=1S/C8H11N2O/c1-6-4-7(2)10(11)5-8(6)9-3/h4-5H,1-3H3. The van der Waals surface area contributed by atoms with Gasteiger partial charge >= 0.3 is 0 Å². The van der Waals surface area contributed by atoms with Gasteiger partial charge in [0.2, 0.25) is 6.20 Å². The zero-order valence-electron chi connectivity index (χ0n) is 6.96. The SMILES string of the molecule is C[N]c1c[n+]([O-])c(C)cc1C. The summed E-state index contributed by atoms with van der Waals surface area (Å²) in [5, 5.41) is 15.0. The highest BCUT2D eigenvalue weighted by Crippen LogP contribution is 2.10. The zero-order chi connectivity index (χ0) is 8.43. The molecule has 0 unspecified atom stereocenters. The van der Waals surface area contributed by atoms with Crippen LogP contribution in [0.15, 0.2) is 12.3 Å². The quantitative estimate of drug-likeness (QED) is 0.432. The molecular weight excluding hydrogens is 140 g/mol. The van der Waals surface area contributed by atoms with Gasteiger partial charge in [0, 0.05) is 20.0 Å². The van der Waals surface area contributed by atoms with Gasteiger partial charge in [0.1, 0.15) is 5.69 Å². The normalized spacial score (nSPS) is 9.73. The van der Waals surface area contributed by atoms with Crippen molar-refractivity contribution < 1.29 is 4.73 Å². The number of hydrogen-bond donors (Lipinski definition) is 0. The molecule has 11 heavy (non-hydrogen) atoms. The monoisotopic (exact) mass is 151 g/mol. The molecule has 1 rings (SSSR count). The van der Waals surface area contributed by atoms with E-state index in [-0.39, 0.29) is 0 Å². The Morgan fingerprint density at radius 3 is 2.64 bits per heavy atom. The molecule has 0 aromatic carbocycles. The highest BCUT2D eigenvalue weighted by atomic mass is 16.5. The van der Waals surface area contributed by atoms with Crippen molar-refractivity contribution in [3.05, 3.63) is 28.7 Å². The zero-order valence-corrected chi connectivity index (χ0v) is 6.96. The maximum absolute atomic E-state index is 11.0. The fourth-order valence-electron chi connectivity index (χ4n) is 1.000. The van der Waals surface area contributed by atoms with Crippen LogP contribution in [0.5, 0.6) is 0 Å². The first-order valence-electron chi connectivity index (χ1n) is 3.45. The van der Waals surface area contributed by atoms with E-state index in [0.717, 1.165) is 16.0 Å². The number of rotatable bonds is 1. The molecular formula is C8H11N2O. The second-order valence-corrected chi connectivity index (χ2v) is 2.53. The lowest BCUT2D eigenvalue weighted by molar-refractivity contribution is -0.611. The molecule has 0 saturated heterocycles. The van der Waals surface area contributed by atoms with Crippen LogP contribution < -0.4 is 10.0 Å². The summed E-state index contributed by atoms with van der Waals surface area (Å²) in [6.45, 7) is 3.72. The van der Waals surface area contributed by atoms with Gasteiger partial charge in [-0.05, 0) is 12.5 Å². The van der Waals surface area contributed by atoms with Crippen molar-refractivity contribution >= 4 is 5.69 Å². The molecule has 0 saturated carbocycles. The lowest BCUT2D eigenvalue weighted by atomic mass is 10.2. The summed E-state index contributed by atoms with van der Waals surface area (Å²) < 4.78 is 0.829. The Morgan fingerprint density at radius 2 is 2.09 bits per heavy atom. The molecule has 1 heterocycles. The van der Waals surface area contributed by atoms with Crippen molar-refractivity contribution in [1.82, 2.24) is 5.32 Å². The van der Waals surface area contributed by atoms with Crippen molar-refractivity contribution in [3.8, 4) is 0 Å². The fourth-order valence-corrected chi connectivity index (χ4v) is 1.000. The molecule has 0 atom stereocenters. The van der Waals surface area contributed by atoms with E-state index in [1.807, 2.05) is 13.0 Å².